The molecule has 4 nitrogen and oxygen atoms in total. The lowest BCUT2D eigenvalue weighted by atomic mass is 9.95. The maximum absolute atomic E-state index is 12.8. The lowest BCUT2D eigenvalue weighted by Crippen LogP contribution is -2.13. The Morgan fingerprint density at radius 1 is 1.19 bits per heavy atom. The van der Waals surface area contributed by atoms with Crippen molar-refractivity contribution >= 4 is 5.82 Å². The molecular formula is C11H10FN3O. The number of aromatic amines is 2. The first-order valence-electron chi connectivity index (χ1n) is 5.05. The molecule has 1 aromatic carbocycles. The van der Waals surface area contributed by atoms with E-state index >= 15 is 0 Å². The molecule has 2 aromatic rings. The molecule has 16 heavy (non-hydrogen) atoms. The van der Waals surface area contributed by atoms with E-state index in [0.29, 0.717) is 12.1 Å². The summed E-state index contributed by atoms with van der Waals surface area (Å²) in [5.74, 6) is 0.461. The van der Waals surface area contributed by atoms with E-state index in [1.807, 2.05) is 0 Å². The first-order chi connectivity index (χ1) is 7.75. The number of hydrogen-bond donors (Lipinski definition) is 3. The van der Waals surface area contributed by atoms with E-state index in [1.54, 1.807) is 12.1 Å². The lowest BCUT2D eigenvalue weighted by Gasteiger charge is -2.08. The molecule has 1 aliphatic heterocycles. The standard InChI is InChI=1S/C11H10FN3O/c12-7-3-1-6(2-4-7)8-5-13-10-9(8)11(16)15-14-10/h1-4,8H,5H2,(H3,13,14,15,16)/t8-/m1/s1. The molecule has 1 aliphatic rings. The second-order valence-electron chi connectivity index (χ2n) is 3.85. The number of aromatic nitrogens is 2. The SMILES string of the molecule is O=c1[nH][nH]c2c1[C@@H](c1ccc(F)cc1)CN2. The van der Waals surface area contributed by atoms with Gasteiger partial charge in [-0.3, -0.25) is 15.0 Å². The lowest BCUT2D eigenvalue weighted by molar-refractivity contribution is 0.626. The number of benzene rings is 1. The fourth-order valence-electron chi connectivity index (χ4n) is 2.13. The van der Waals surface area contributed by atoms with Crippen LogP contribution in [-0.2, 0) is 0 Å². The maximum Gasteiger partial charge on any atom is 0.269 e. The number of rotatable bonds is 1. The molecule has 1 aromatic heterocycles. The highest BCUT2D eigenvalue weighted by molar-refractivity contribution is 5.54. The highest BCUT2D eigenvalue weighted by Gasteiger charge is 2.28. The third-order valence-corrected chi connectivity index (χ3v) is 2.92. The van der Waals surface area contributed by atoms with E-state index in [9.17, 15) is 9.18 Å². The average molecular weight is 219 g/mol. The Labute approximate surface area is 90.5 Å². The molecule has 82 valence electrons. The van der Waals surface area contributed by atoms with Gasteiger partial charge in [-0.25, -0.2) is 4.39 Å². The average Bonchev–Trinajstić information content (AvgIpc) is 2.84. The van der Waals surface area contributed by atoms with E-state index < -0.39 is 0 Å². The highest BCUT2D eigenvalue weighted by Crippen LogP contribution is 2.31. The van der Waals surface area contributed by atoms with E-state index in [1.165, 1.54) is 12.1 Å². The summed E-state index contributed by atoms with van der Waals surface area (Å²) in [6.07, 6.45) is 0. The zero-order valence-electron chi connectivity index (χ0n) is 8.38. The van der Waals surface area contributed by atoms with Crippen LogP contribution >= 0.6 is 0 Å². The van der Waals surface area contributed by atoms with Gasteiger partial charge in [0.2, 0.25) is 0 Å². The summed E-state index contributed by atoms with van der Waals surface area (Å²) >= 11 is 0. The van der Waals surface area contributed by atoms with Crippen LogP contribution in [-0.4, -0.2) is 16.7 Å². The van der Waals surface area contributed by atoms with Gasteiger partial charge in [-0.05, 0) is 17.7 Å². The van der Waals surface area contributed by atoms with Crippen LogP contribution < -0.4 is 10.9 Å². The number of nitrogens with one attached hydrogen (secondary N) is 3. The van der Waals surface area contributed by atoms with Crippen LogP contribution in [0.1, 0.15) is 17.0 Å². The monoisotopic (exact) mass is 219 g/mol. The minimum Gasteiger partial charge on any atom is -0.369 e. The summed E-state index contributed by atoms with van der Waals surface area (Å²) in [7, 11) is 0. The second kappa shape index (κ2) is 3.23. The van der Waals surface area contributed by atoms with Crippen molar-refractivity contribution in [1.82, 2.24) is 10.2 Å². The second-order valence-corrected chi connectivity index (χ2v) is 3.85. The summed E-state index contributed by atoms with van der Waals surface area (Å²) in [5.41, 5.74) is 1.53. The molecule has 0 spiro atoms. The van der Waals surface area contributed by atoms with Crippen LogP contribution in [0.2, 0.25) is 0 Å². The van der Waals surface area contributed by atoms with Crippen molar-refractivity contribution in [2.24, 2.45) is 0 Å². The maximum atomic E-state index is 12.8. The third-order valence-electron chi connectivity index (χ3n) is 2.92. The summed E-state index contributed by atoms with van der Waals surface area (Å²) < 4.78 is 12.8. The van der Waals surface area contributed by atoms with Crippen molar-refractivity contribution in [3.63, 3.8) is 0 Å². The van der Waals surface area contributed by atoms with Gasteiger partial charge in [0.15, 0.2) is 0 Å². The first-order valence-corrected chi connectivity index (χ1v) is 5.05. The van der Waals surface area contributed by atoms with Crippen LogP contribution in [0.4, 0.5) is 10.2 Å². The summed E-state index contributed by atoms with van der Waals surface area (Å²) in [4.78, 5) is 11.6. The van der Waals surface area contributed by atoms with Crippen molar-refractivity contribution in [3.05, 3.63) is 51.6 Å². The molecule has 1 atom stereocenters. The number of H-pyrrole nitrogens is 2. The van der Waals surface area contributed by atoms with Gasteiger partial charge < -0.3 is 5.32 Å². The van der Waals surface area contributed by atoms with Crippen LogP contribution in [0.15, 0.2) is 29.1 Å². The van der Waals surface area contributed by atoms with Crippen LogP contribution in [0.3, 0.4) is 0 Å². The molecule has 0 unspecified atom stereocenters. The number of fused-ring (bicyclic) bond motifs is 1. The van der Waals surface area contributed by atoms with E-state index in [4.69, 9.17) is 0 Å². The molecular weight excluding hydrogens is 209 g/mol. The topological polar surface area (TPSA) is 60.7 Å². The fraction of sp³-hybridized carbons (Fsp3) is 0.182. The third kappa shape index (κ3) is 1.25. The van der Waals surface area contributed by atoms with Gasteiger partial charge in [-0.2, -0.15) is 0 Å². The zero-order valence-corrected chi connectivity index (χ0v) is 8.38. The number of hydrogen-bond acceptors (Lipinski definition) is 2. The smallest absolute Gasteiger partial charge is 0.269 e. The van der Waals surface area contributed by atoms with Gasteiger partial charge in [0.1, 0.15) is 11.6 Å². The molecule has 0 bridgehead atoms. The van der Waals surface area contributed by atoms with Gasteiger partial charge in [-0.1, -0.05) is 12.1 Å². The van der Waals surface area contributed by atoms with Gasteiger partial charge in [0, 0.05) is 12.5 Å². The summed E-state index contributed by atoms with van der Waals surface area (Å²) in [6, 6.07) is 6.24. The van der Waals surface area contributed by atoms with E-state index in [-0.39, 0.29) is 17.3 Å². The van der Waals surface area contributed by atoms with E-state index in [2.05, 4.69) is 15.5 Å². The Morgan fingerprint density at radius 3 is 2.69 bits per heavy atom. The molecule has 0 aliphatic carbocycles. The van der Waals surface area contributed by atoms with Gasteiger partial charge >= 0.3 is 0 Å². The molecule has 0 radical (unpaired) electrons. The summed E-state index contributed by atoms with van der Waals surface area (Å²) in [6.45, 7) is 0.663. The molecule has 3 N–H and O–H groups in total. The van der Waals surface area contributed by atoms with Crippen LogP contribution in [0.25, 0.3) is 0 Å². The highest BCUT2D eigenvalue weighted by atomic mass is 19.1. The molecule has 5 heteroatoms. The van der Waals surface area contributed by atoms with Crippen molar-refractivity contribution in [2.75, 3.05) is 11.9 Å². The number of anilines is 1. The normalized spacial score (nSPS) is 18.2. The predicted octanol–water partition coefficient (Wildman–Crippen LogP) is 1.40. The van der Waals surface area contributed by atoms with E-state index in [0.717, 1.165) is 11.4 Å². The fourth-order valence-corrected chi connectivity index (χ4v) is 2.13. The van der Waals surface area contributed by atoms with Crippen molar-refractivity contribution in [3.8, 4) is 0 Å². The first kappa shape index (κ1) is 9.21. The van der Waals surface area contributed by atoms with Gasteiger partial charge in [0.05, 0.1) is 5.56 Å². The molecule has 0 fully saturated rings. The Hall–Kier alpha value is -2.04. The Kier molecular flexibility index (Phi) is 1.86. The summed E-state index contributed by atoms with van der Waals surface area (Å²) in [5, 5.41) is 8.41. The van der Waals surface area contributed by atoms with Crippen molar-refractivity contribution in [2.45, 2.75) is 5.92 Å². The number of halogens is 1. The van der Waals surface area contributed by atoms with Gasteiger partial charge in [-0.15, -0.1) is 0 Å². The molecule has 2 heterocycles. The minimum absolute atomic E-state index is 0.00870. The predicted molar refractivity (Wildman–Crippen MR) is 58.1 cm³/mol. The zero-order chi connectivity index (χ0) is 11.1. The van der Waals surface area contributed by atoms with Crippen molar-refractivity contribution < 1.29 is 4.39 Å². The molecule has 0 amide bonds. The molecule has 0 saturated carbocycles. The Bertz CT molecular complexity index is 570. The Morgan fingerprint density at radius 2 is 1.94 bits per heavy atom. The van der Waals surface area contributed by atoms with Crippen molar-refractivity contribution in [1.29, 1.82) is 0 Å². The molecule has 0 saturated heterocycles. The largest absolute Gasteiger partial charge is 0.369 e. The molecule has 3 rings (SSSR count). The van der Waals surface area contributed by atoms with Crippen LogP contribution in [0.5, 0.6) is 0 Å². The Balaban J connectivity index is 2.07. The van der Waals surface area contributed by atoms with Gasteiger partial charge in [0.25, 0.3) is 5.56 Å². The quantitative estimate of drug-likeness (QED) is 0.679. The minimum atomic E-state index is -0.266. The van der Waals surface area contributed by atoms with Crippen LogP contribution in [0, 0.1) is 5.82 Å².